The van der Waals surface area contributed by atoms with Gasteiger partial charge >= 0.3 is 0 Å². The van der Waals surface area contributed by atoms with Crippen LogP contribution in [0.1, 0.15) is 5.56 Å². The number of imidazole rings is 1. The largest absolute Gasteiger partial charge is 0.491 e. The van der Waals surface area contributed by atoms with Crippen LogP contribution in [0.2, 0.25) is 0 Å². The summed E-state index contributed by atoms with van der Waals surface area (Å²) in [5.41, 5.74) is 1.69. The first-order valence-electron chi connectivity index (χ1n) is 9.56. The number of nitrogens with zero attached hydrogens (tertiary/aromatic N) is 2. The van der Waals surface area contributed by atoms with Crippen LogP contribution in [-0.4, -0.2) is 48.4 Å². The van der Waals surface area contributed by atoms with Gasteiger partial charge in [0.1, 0.15) is 18.2 Å². The maximum atomic E-state index is 8.10. The number of benzene rings is 2. The van der Waals surface area contributed by atoms with Crippen molar-refractivity contribution in [3.8, 4) is 5.75 Å². The van der Waals surface area contributed by atoms with Gasteiger partial charge in [0.25, 0.3) is 0 Å². The van der Waals surface area contributed by atoms with E-state index in [2.05, 4.69) is 10.3 Å². The number of aromatic nitrogens is 2. The van der Waals surface area contributed by atoms with Crippen LogP contribution in [0.4, 0.5) is 5.69 Å². The first kappa shape index (κ1) is 20.6. The van der Waals surface area contributed by atoms with E-state index in [0.717, 1.165) is 23.5 Å². The highest BCUT2D eigenvalue weighted by Gasteiger charge is 2.01. The molecule has 7 nitrogen and oxygen atoms in total. The van der Waals surface area contributed by atoms with Crippen molar-refractivity contribution in [1.82, 2.24) is 9.55 Å². The van der Waals surface area contributed by atoms with E-state index in [1.807, 2.05) is 65.4 Å². The van der Waals surface area contributed by atoms with E-state index in [1.54, 1.807) is 12.5 Å². The molecule has 0 saturated carbocycles. The zero-order valence-corrected chi connectivity index (χ0v) is 16.3. The van der Waals surface area contributed by atoms with Crippen LogP contribution >= 0.6 is 0 Å². The third kappa shape index (κ3) is 7.40. The Kier molecular flexibility index (Phi) is 8.25. The molecular weight excluding hydrogens is 368 g/mol. The lowest BCUT2D eigenvalue weighted by molar-refractivity contribution is 0.0340. The number of amidine groups is 1. The molecule has 0 radical (unpaired) electrons. The topological polar surface area (TPSA) is 81.4 Å². The Morgan fingerprint density at radius 1 is 0.897 bits per heavy atom. The number of nitrogens with one attached hydrogen (secondary N) is 2. The van der Waals surface area contributed by atoms with Crippen LogP contribution in [0.5, 0.6) is 5.75 Å². The molecule has 29 heavy (non-hydrogen) atoms. The fourth-order valence-electron chi connectivity index (χ4n) is 2.59. The van der Waals surface area contributed by atoms with Crippen LogP contribution < -0.4 is 10.1 Å². The average Bonchev–Trinajstić information content (AvgIpc) is 3.28. The summed E-state index contributed by atoms with van der Waals surface area (Å²) >= 11 is 0. The Morgan fingerprint density at radius 3 is 2.34 bits per heavy atom. The molecule has 152 valence electrons. The molecular formula is C22H26N4O3. The Morgan fingerprint density at radius 2 is 1.62 bits per heavy atom. The number of anilines is 1. The highest BCUT2D eigenvalue weighted by atomic mass is 16.5. The van der Waals surface area contributed by atoms with Crippen molar-refractivity contribution in [2.75, 3.05) is 38.4 Å². The fraction of sp³-hybridized carbons (Fsp3) is 0.273. The highest BCUT2D eigenvalue weighted by Crippen LogP contribution is 2.16. The molecule has 1 aromatic heterocycles. The maximum absolute atomic E-state index is 8.10. The summed E-state index contributed by atoms with van der Waals surface area (Å²) in [6.07, 6.45) is 5.43. The molecule has 0 amide bonds. The van der Waals surface area contributed by atoms with Crippen LogP contribution in [-0.2, 0) is 16.0 Å². The Hall–Kier alpha value is -3.16. The molecule has 0 saturated heterocycles. The van der Waals surface area contributed by atoms with E-state index < -0.39 is 0 Å². The van der Waals surface area contributed by atoms with Gasteiger partial charge in [0.2, 0.25) is 0 Å². The minimum absolute atomic E-state index is 0.361. The number of hydrogen-bond acceptors (Lipinski definition) is 5. The van der Waals surface area contributed by atoms with Gasteiger partial charge in [0.15, 0.2) is 0 Å². The summed E-state index contributed by atoms with van der Waals surface area (Å²) < 4.78 is 18.7. The Labute approximate surface area is 170 Å². The molecule has 2 N–H and O–H groups in total. The lowest BCUT2D eigenvalue weighted by Crippen LogP contribution is -2.13. The van der Waals surface area contributed by atoms with Gasteiger partial charge in [-0.15, -0.1) is 0 Å². The molecule has 0 bridgehead atoms. The van der Waals surface area contributed by atoms with Crippen molar-refractivity contribution >= 4 is 11.5 Å². The van der Waals surface area contributed by atoms with E-state index in [1.165, 1.54) is 0 Å². The molecule has 1 heterocycles. The van der Waals surface area contributed by atoms with Crippen molar-refractivity contribution in [2.24, 2.45) is 0 Å². The minimum atomic E-state index is 0.361. The zero-order chi connectivity index (χ0) is 20.2. The Balaban J connectivity index is 1.24. The normalized spacial score (nSPS) is 10.6. The molecule has 3 rings (SSSR count). The number of ether oxygens (including phenoxy) is 3. The van der Waals surface area contributed by atoms with E-state index in [4.69, 9.17) is 19.6 Å². The van der Waals surface area contributed by atoms with Crippen molar-refractivity contribution < 1.29 is 14.2 Å². The maximum Gasteiger partial charge on any atom is 0.129 e. The van der Waals surface area contributed by atoms with Crippen molar-refractivity contribution in [2.45, 2.75) is 6.54 Å². The third-order valence-electron chi connectivity index (χ3n) is 4.11. The van der Waals surface area contributed by atoms with Gasteiger partial charge in [-0.1, -0.05) is 30.3 Å². The van der Waals surface area contributed by atoms with Gasteiger partial charge in [-0.2, -0.15) is 0 Å². The summed E-state index contributed by atoms with van der Waals surface area (Å²) in [4.78, 5) is 3.98. The standard InChI is InChI=1S/C22H26N4O3/c23-22(19-4-2-1-3-5-19)25-20-6-8-21(9-7-20)29-17-16-28-15-14-27-13-12-26-11-10-24-18-26/h1-11,18H,12-17H2,(H2,23,25). The van der Waals surface area contributed by atoms with Gasteiger partial charge < -0.3 is 24.1 Å². The number of rotatable bonds is 12. The van der Waals surface area contributed by atoms with E-state index >= 15 is 0 Å². The van der Waals surface area contributed by atoms with E-state index in [0.29, 0.717) is 38.9 Å². The summed E-state index contributed by atoms with van der Waals surface area (Å²) in [5.74, 6) is 1.13. The van der Waals surface area contributed by atoms with Gasteiger partial charge in [-0.25, -0.2) is 4.98 Å². The van der Waals surface area contributed by atoms with Crippen LogP contribution in [0.3, 0.4) is 0 Å². The first-order chi connectivity index (χ1) is 14.3. The zero-order valence-electron chi connectivity index (χ0n) is 16.3. The van der Waals surface area contributed by atoms with Gasteiger partial charge in [0, 0.05) is 30.2 Å². The third-order valence-corrected chi connectivity index (χ3v) is 4.11. The molecule has 2 aromatic carbocycles. The molecule has 0 aliphatic heterocycles. The molecule has 0 atom stereocenters. The molecule has 7 heteroatoms. The molecule has 3 aromatic rings. The summed E-state index contributed by atoms with van der Waals surface area (Å²) in [6.45, 7) is 3.50. The predicted molar refractivity (Wildman–Crippen MR) is 113 cm³/mol. The fourth-order valence-corrected chi connectivity index (χ4v) is 2.59. The Bertz CT molecular complexity index is 836. The van der Waals surface area contributed by atoms with Crippen LogP contribution in [0, 0.1) is 5.41 Å². The summed E-state index contributed by atoms with van der Waals surface area (Å²) in [7, 11) is 0. The van der Waals surface area contributed by atoms with Crippen molar-refractivity contribution in [3.63, 3.8) is 0 Å². The lowest BCUT2D eigenvalue weighted by atomic mass is 10.2. The van der Waals surface area contributed by atoms with Crippen LogP contribution in [0.25, 0.3) is 0 Å². The molecule has 0 aliphatic rings. The first-order valence-corrected chi connectivity index (χ1v) is 9.56. The van der Waals surface area contributed by atoms with Gasteiger partial charge in [-0.05, 0) is 24.3 Å². The highest BCUT2D eigenvalue weighted by molar-refractivity contribution is 6.06. The van der Waals surface area contributed by atoms with Crippen molar-refractivity contribution in [1.29, 1.82) is 5.41 Å². The van der Waals surface area contributed by atoms with E-state index in [-0.39, 0.29) is 0 Å². The van der Waals surface area contributed by atoms with Gasteiger partial charge in [-0.3, -0.25) is 5.41 Å². The number of hydrogen-bond donors (Lipinski definition) is 2. The molecule has 0 unspecified atom stereocenters. The molecule has 0 fully saturated rings. The second-order valence-corrected chi connectivity index (χ2v) is 6.26. The quantitative estimate of drug-likeness (QED) is 0.279. The van der Waals surface area contributed by atoms with Crippen molar-refractivity contribution in [3.05, 3.63) is 78.9 Å². The lowest BCUT2D eigenvalue weighted by Gasteiger charge is -2.10. The minimum Gasteiger partial charge on any atom is -0.491 e. The monoisotopic (exact) mass is 394 g/mol. The smallest absolute Gasteiger partial charge is 0.129 e. The van der Waals surface area contributed by atoms with Gasteiger partial charge in [0.05, 0.1) is 32.8 Å². The summed E-state index contributed by atoms with van der Waals surface area (Å²) in [6, 6.07) is 17.1. The van der Waals surface area contributed by atoms with E-state index in [9.17, 15) is 0 Å². The second-order valence-electron chi connectivity index (χ2n) is 6.26. The second kappa shape index (κ2) is 11.6. The SMILES string of the molecule is N=C(Nc1ccc(OCCOCCOCCn2ccnc2)cc1)c1ccccc1. The summed E-state index contributed by atoms with van der Waals surface area (Å²) in [5, 5.41) is 11.2. The molecule has 0 aliphatic carbocycles. The average molecular weight is 394 g/mol. The molecule has 0 spiro atoms. The predicted octanol–water partition coefficient (Wildman–Crippen LogP) is 3.43. The van der Waals surface area contributed by atoms with Crippen LogP contribution in [0.15, 0.2) is 73.3 Å².